The van der Waals surface area contributed by atoms with Gasteiger partial charge in [0, 0.05) is 12.5 Å². The second-order valence-electron chi connectivity index (χ2n) is 3.65. The molecule has 1 nitrogen and oxygen atoms in total. The molecule has 78 valence electrons. The van der Waals surface area contributed by atoms with E-state index < -0.39 is 12.5 Å². The zero-order chi connectivity index (χ0) is 10.7. The van der Waals surface area contributed by atoms with E-state index in [0.717, 1.165) is 16.7 Å². The Kier molecular flexibility index (Phi) is 3.58. The molecule has 0 radical (unpaired) electrons. The summed E-state index contributed by atoms with van der Waals surface area (Å²) >= 11 is 0. The number of hydrogen-bond donors (Lipinski definition) is 1. The Morgan fingerprint density at radius 3 is 2.07 bits per heavy atom. The van der Waals surface area contributed by atoms with Crippen molar-refractivity contribution in [3.63, 3.8) is 0 Å². The first-order valence-electron chi connectivity index (χ1n) is 4.61. The van der Waals surface area contributed by atoms with Crippen LogP contribution in [0, 0.1) is 13.8 Å². The first kappa shape index (κ1) is 11.1. The average Bonchev–Trinajstić information content (AvgIpc) is 2.00. The lowest BCUT2D eigenvalue weighted by Gasteiger charge is -2.12. The molecule has 0 unspecified atom stereocenters. The fourth-order valence-corrected chi connectivity index (χ4v) is 1.55. The molecular weight excluding hydrogens is 184 g/mol. The molecule has 0 aliphatic heterocycles. The van der Waals surface area contributed by atoms with Gasteiger partial charge in [-0.15, -0.1) is 0 Å². The molecule has 0 bridgehead atoms. The molecule has 0 heterocycles. The Balaban J connectivity index is 2.84. The van der Waals surface area contributed by atoms with Crippen LogP contribution in [0.2, 0.25) is 0 Å². The molecule has 1 rings (SSSR count). The van der Waals surface area contributed by atoms with E-state index in [9.17, 15) is 8.78 Å². The summed E-state index contributed by atoms with van der Waals surface area (Å²) in [5.74, 6) is 0. The quantitative estimate of drug-likeness (QED) is 0.795. The van der Waals surface area contributed by atoms with Crippen LogP contribution in [0.1, 0.15) is 29.2 Å². The molecule has 1 atom stereocenters. The highest BCUT2D eigenvalue weighted by atomic mass is 19.3. The van der Waals surface area contributed by atoms with Gasteiger partial charge in [-0.25, -0.2) is 8.78 Å². The molecule has 0 aromatic heterocycles. The minimum absolute atomic E-state index is 0.275. The van der Waals surface area contributed by atoms with Crippen LogP contribution in [0.4, 0.5) is 8.78 Å². The Bertz CT molecular complexity index is 290. The second-order valence-corrected chi connectivity index (χ2v) is 3.65. The van der Waals surface area contributed by atoms with E-state index in [1.54, 1.807) is 0 Å². The van der Waals surface area contributed by atoms with Crippen molar-refractivity contribution in [2.75, 3.05) is 0 Å². The standard InChI is InChI=1S/C11H15F2N/c1-7-3-8(2)5-9(4-7)10(14)6-11(12)13/h3-5,10-11H,6,14H2,1-2H3/t10-/m0/s1. The van der Waals surface area contributed by atoms with Crippen molar-refractivity contribution in [3.8, 4) is 0 Å². The fraction of sp³-hybridized carbons (Fsp3) is 0.455. The minimum atomic E-state index is -2.34. The van der Waals surface area contributed by atoms with Gasteiger partial charge < -0.3 is 5.73 Å². The summed E-state index contributed by atoms with van der Waals surface area (Å²) in [6.07, 6.45) is -2.62. The summed E-state index contributed by atoms with van der Waals surface area (Å²) in [5, 5.41) is 0. The molecular formula is C11H15F2N. The normalized spacial score (nSPS) is 13.3. The summed E-state index contributed by atoms with van der Waals surface area (Å²) in [6, 6.07) is 5.16. The highest BCUT2D eigenvalue weighted by Gasteiger charge is 2.13. The van der Waals surface area contributed by atoms with E-state index in [1.165, 1.54) is 0 Å². The van der Waals surface area contributed by atoms with Crippen molar-refractivity contribution in [3.05, 3.63) is 34.9 Å². The van der Waals surface area contributed by atoms with Gasteiger partial charge >= 0.3 is 0 Å². The maximum atomic E-state index is 12.1. The number of nitrogens with two attached hydrogens (primary N) is 1. The zero-order valence-corrected chi connectivity index (χ0v) is 8.43. The van der Waals surface area contributed by atoms with Gasteiger partial charge in [0.2, 0.25) is 6.43 Å². The first-order valence-corrected chi connectivity index (χ1v) is 4.61. The number of alkyl halides is 2. The molecule has 0 aliphatic carbocycles. The third-order valence-electron chi connectivity index (χ3n) is 2.10. The van der Waals surface area contributed by atoms with Crippen molar-refractivity contribution in [2.24, 2.45) is 5.73 Å². The predicted octanol–water partition coefficient (Wildman–Crippen LogP) is 2.96. The number of aryl methyl sites for hydroxylation is 2. The monoisotopic (exact) mass is 199 g/mol. The van der Waals surface area contributed by atoms with Gasteiger partial charge in [-0.2, -0.15) is 0 Å². The Morgan fingerprint density at radius 1 is 1.14 bits per heavy atom. The average molecular weight is 199 g/mol. The lowest BCUT2D eigenvalue weighted by atomic mass is 10.00. The highest BCUT2D eigenvalue weighted by molar-refractivity contribution is 5.30. The van der Waals surface area contributed by atoms with E-state index in [4.69, 9.17) is 5.73 Å². The third kappa shape index (κ3) is 3.07. The van der Waals surface area contributed by atoms with Gasteiger partial charge in [0.25, 0.3) is 0 Å². The summed E-state index contributed by atoms with van der Waals surface area (Å²) in [5.41, 5.74) is 8.57. The van der Waals surface area contributed by atoms with Crippen LogP contribution in [0.3, 0.4) is 0 Å². The number of rotatable bonds is 3. The van der Waals surface area contributed by atoms with E-state index in [2.05, 4.69) is 0 Å². The van der Waals surface area contributed by atoms with E-state index in [0.29, 0.717) is 0 Å². The lowest BCUT2D eigenvalue weighted by Crippen LogP contribution is -2.14. The molecule has 0 aliphatic rings. The van der Waals surface area contributed by atoms with E-state index in [1.807, 2.05) is 32.0 Å². The molecule has 0 saturated carbocycles. The molecule has 1 aromatic carbocycles. The van der Waals surface area contributed by atoms with Crippen molar-refractivity contribution in [2.45, 2.75) is 32.7 Å². The summed E-state index contributed by atoms with van der Waals surface area (Å²) in [7, 11) is 0. The maximum absolute atomic E-state index is 12.1. The molecule has 0 spiro atoms. The van der Waals surface area contributed by atoms with Crippen molar-refractivity contribution in [1.29, 1.82) is 0 Å². The van der Waals surface area contributed by atoms with E-state index >= 15 is 0 Å². The van der Waals surface area contributed by atoms with Crippen LogP contribution in [0.15, 0.2) is 18.2 Å². The van der Waals surface area contributed by atoms with Gasteiger partial charge in [0.1, 0.15) is 0 Å². The van der Waals surface area contributed by atoms with Crippen molar-refractivity contribution >= 4 is 0 Å². The summed E-state index contributed by atoms with van der Waals surface area (Å²) in [6.45, 7) is 3.87. The molecule has 0 saturated heterocycles. The van der Waals surface area contributed by atoms with Crippen molar-refractivity contribution in [1.82, 2.24) is 0 Å². The Hall–Kier alpha value is -0.960. The smallest absolute Gasteiger partial charge is 0.240 e. The zero-order valence-electron chi connectivity index (χ0n) is 8.43. The fourth-order valence-electron chi connectivity index (χ4n) is 1.55. The van der Waals surface area contributed by atoms with Crippen LogP contribution in [-0.4, -0.2) is 6.43 Å². The largest absolute Gasteiger partial charge is 0.324 e. The van der Waals surface area contributed by atoms with Crippen LogP contribution in [0.25, 0.3) is 0 Å². The van der Waals surface area contributed by atoms with Gasteiger partial charge in [-0.3, -0.25) is 0 Å². The first-order chi connectivity index (χ1) is 6.49. The molecule has 2 N–H and O–H groups in total. The molecule has 0 fully saturated rings. The number of hydrogen-bond acceptors (Lipinski definition) is 1. The van der Waals surface area contributed by atoms with Crippen LogP contribution >= 0.6 is 0 Å². The molecule has 0 amide bonds. The van der Waals surface area contributed by atoms with Crippen molar-refractivity contribution < 1.29 is 8.78 Å². The van der Waals surface area contributed by atoms with Crippen LogP contribution in [-0.2, 0) is 0 Å². The van der Waals surface area contributed by atoms with Gasteiger partial charge in [-0.1, -0.05) is 29.3 Å². The number of benzene rings is 1. The summed E-state index contributed by atoms with van der Waals surface area (Å²) < 4.78 is 24.2. The second kappa shape index (κ2) is 4.51. The summed E-state index contributed by atoms with van der Waals surface area (Å²) in [4.78, 5) is 0. The third-order valence-corrected chi connectivity index (χ3v) is 2.10. The Labute approximate surface area is 82.9 Å². The Morgan fingerprint density at radius 2 is 1.64 bits per heavy atom. The number of halogens is 2. The molecule has 14 heavy (non-hydrogen) atoms. The topological polar surface area (TPSA) is 26.0 Å². The minimum Gasteiger partial charge on any atom is -0.324 e. The predicted molar refractivity (Wildman–Crippen MR) is 53.5 cm³/mol. The van der Waals surface area contributed by atoms with Crippen LogP contribution < -0.4 is 5.73 Å². The van der Waals surface area contributed by atoms with E-state index in [-0.39, 0.29) is 6.42 Å². The highest BCUT2D eigenvalue weighted by Crippen LogP contribution is 2.20. The molecule has 1 aromatic rings. The van der Waals surface area contributed by atoms with Crippen LogP contribution in [0.5, 0.6) is 0 Å². The lowest BCUT2D eigenvalue weighted by molar-refractivity contribution is 0.128. The maximum Gasteiger partial charge on any atom is 0.240 e. The SMILES string of the molecule is Cc1cc(C)cc([C@@H](N)CC(F)F)c1. The van der Waals surface area contributed by atoms with Gasteiger partial charge in [0.05, 0.1) is 0 Å². The van der Waals surface area contributed by atoms with Gasteiger partial charge in [-0.05, 0) is 19.4 Å². The molecule has 3 heteroatoms. The van der Waals surface area contributed by atoms with Gasteiger partial charge in [0.15, 0.2) is 0 Å².